The second kappa shape index (κ2) is 9.00. The molecular formula is C22H19F7N6O. The smallest absolute Gasteiger partial charge is 0.434 e. The highest BCUT2D eigenvalue weighted by Crippen LogP contribution is 2.49. The van der Waals surface area contributed by atoms with Crippen molar-refractivity contribution in [1.29, 1.82) is 0 Å². The van der Waals surface area contributed by atoms with E-state index < -0.39 is 54.1 Å². The summed E-state index contributed by atoms with van der Waals surface area (Å²) < 4.78 is 102. The van der Waals surface area contributed by atoms with Crippen LogP contribution in [0.4, 0.5) is 30.7 Å². The molecule has 0 amide bonds. The van der Waals surface area contributed by atoms with Crippen LogP contribution in [0.1, 0.15) is 12.0 Å². The molecule has 7 nitrogen and oxygen atoms in total. The van der Waals surface area contributed by atoms with Crippen LogP contribution in [0, 0.1) is 17.6 Å². The molecule has 14 heteroatoms. The van der Waals surface area contributed by atoms with E-state index in [-0.39, 0.29) is 34.0 Å². The van der Waals surface area contributed by atoms with Gasteiger partial charge in [-0.1, -0.05) is 0 Å². The van der Waals surface area contributed by atoms with Crippen molar-refractivity contribution in [3.8, 4) is 28.4 Å². The summed E-state index contributed by atoms with van der Waals surface area (Å²) in [6, 6.07) is 3.81. The van der Waals surface area contributed by atoms with Crippen molar-refractivity contribution in [3.63, 3.8) is 0 Å². The Morgan fingerprint density at radius 1 is 1.22 bits per heavy atom. The molecule has 0 spiro atoms. The highest BCUT2D eigenvalue weighted by atomic mass is 19.4. The number of hydrogen-bond donors (Lipinski definition) is 3. The number of hydrazine groups is 1. The zero-order valence-electron chi connectivity index (χ0n) is 18.5. The fraction of sp³-hybridized carbons (Fsp3) is 0.273. The van der Waals surface area contributed by atoms with Gasteiger partial charge in [-0.15, -0.1) is 0 Å². The van der Waals surface area contributed by atoms with Gasteiger partial charge in [-0.2, -0.15) is 13.2 Å². The van der Waals surface area contributed by atoms with Crippen molar-refractivity contribution in [1.82, 2.24) is 20.0 Å². The number of ether oxygens (including phenoxy) is 1. The lowest BCUT2D eigenvalue weighted by atomic mass is 10.0. The Hall–Kier alpha value is -3.81. The number of halogens is 7. The van der Waals surface area contributed by atoms with Crippen LogP contribution in [0.3, 0.4) is 0 Å². The maximum Gasteiger partial charge on any atom is 0.434 e. The van der Waals surface area contributed by atoms with Crippen molar-refractivity contribution < 1.29 is 35.5 Å². The number of nitrogens with zero attached hydrogens (tertiary/aromatic N) is 3. The molecule has 0 radical (unpaired) electrons. The van der Waals surface area contributed by atoms with Gasteiger partial charge in [0.1, 0.15) is 23.1 Å². The van der Waals surface area contributed by atoms with Gasteiger partial charge in [0.05, 0.1) is 41.5 Å². The quantitative estimate of drug-likeness (QED) is 0.248. The minimum absolute atomic E-state index is 0.00599. The van der Waals surface area contributed by atoms with Crippen LogP contribution >= 0.6 is 0 Å². The highest BCUT2D eigenvalue weighted by Gasteiger charge is 2.57. The monoisotopic (exact) mass is 516 g/mol. The average molecular weight is 516 g/mol. The first-order valence-corrected chi connectivity index (χ1v) is 10.3. The molecule has 1 aliphatic carbocycles. The molecule has 0 saturated heterocycles. The average Bonchev–Trinajstić information content (AvgIpc) is 3.23. The predicted octanol–water partition coefficient (Wildman–Crippen LogP) is 4.11. The highest BCUT2D eigenvalue weighted by molar-refractivity contribution is 5.82. The van der Waals surface area contributed by atoms with Gasteiger partial charge in [0.15, 0.2) is 5.70 Å². The molecule has 36 heavy (non-hydrogen) atoms. The Balaban J connectivity index is 1.80. The number of aromatic nitrogens is 3. The lowest BCUT2D eigenvalue weighted by Gasteiger charge is -2.16. The van der Waals surface area contributed by atoms with Gasteiger partial charge in [0.25, 0.3) is 5.92 Å². The number of nitrogens with one attached hydrogen (secondary N) is 1. The molecule has 1 aromatic carbocycles. The third-order valence-electron chi connectivity index (χ3n) is 5.60. The topological polar surface area (TPSA) is 104 Å². The number of hydrogen-bond acceptors (Lipinski definition) is 6. The van der Waals surface area contributed by atoms with E-state index in [1.807, 2.05) is 0 Å². The summed E-state index contributed by atoms with van der Waals surface area (Å²) in [5.74, 6) is -1.41. The lowest BCUT2D eigenvalue weighted by Crippen LogP contribution is -2.34. The third kappa shape index (κ3) is 4.80. The van der Waals surface area contributed by atoms with Crippen LogP contribution < -0.4 is 21.7 Å². The fourth-order valence-electron chi connectivity index (χ4n) is 3.63. The van der Waals surface area contributed by atoms with E-state index in [4.69, 9.17) is 16.3 Å². The molecule has 1 saturated carbocycles. The van der Waals surface area contributed by atoms with E-state index >= 15 is 4.39 Å². The lowest BCUT2D eigenvalue weighted by molar-refractivity contribution is -0.0961. The minimum Gasteiger partial charge on any atom is -0.492 e. The van der Waals surface area contributed by atoms with E-state index in [0.717, 1.165) is 12.3 Å². The van der Waals surface area contributed by atoms with Crippen LogP contribution in [0.25, 0.3) is 28.3 Å². The van der Waals surface area contributed by atoms with Crippen LogP contribution in [-0.4, -0.2) is 33.2 Å². The van der Waals surface area contributed by atoms with Crippen molar-refractivity contribution in [2.75, 3.05) is 6.61 Å². The van der Waals surface area contributed by atoms with Crippen LogP contribution in [-0.2, 0) is 7.05 Å². The van der Waals surface area contributed by atoms with Crippen molar-refractivity contribution >= 4 is 5.70 Å². The number of aryl methyl sites for hydroxylation is 1. The van der Waals surface area contributed by atoms with Gasteiger partial charge in [0.2, 0.25) is 0 Å². The number of allylic oxidation sites excluding steroid dienone is 1. The Kier molecular flexibility index (Phi) is 6.32. The standard InChI is InChI=1S/C22H19F7N6O/c1-35-9-33-18(14-4-10(2-3-32-14)17(30)20(34-31)22(27,28)29)19(35)16-13(24)5-12(23)6-15(16)36-8-11-7-21(11,25)26/h2-6,9,11,34H,7-8,30-31H2,1H3/b20-17-. The van der Waals surface area contributed by atoms with E-state index in [0.29, 0.717) is 6.07 Å². The SMILES string of the molecule is Cn1cnc(-c2cc(/C(N)=C(/NN)C(F)(F)F)ccn2)c1-c1c(F)cc(F)cc1OCC1CC1(F)F. The zero-order valence-corrected chi connectivity index (χ0v) is 18.5. The van der Waals surface area contributed by atoms with Gasteiger partial charge >= 0.3 is 6.18 Å². The molecule has 4 rings (SSSR count). The van der Waals surface area contributed by atoms with Gasteiger partial charge in [-0.05, 0) is 12.1 Å². The maximum atomic E-state index is 15.0. The summed E-state index contributed by atoms with van der Waals surface area (Å²) in [7, 11) is 1.48. The van der Waals surface area contributed by atoms with E-state index in [1.54, 1.807) is 0 Å². The van der Waals surface area contributed by atoms with Gasteiger partial charge in [0, 0.05) is 37.4 Å². The van der Waals surface area contributed by atoms with Crippen molar-refractivity contribution in [3.05, 3.63) is 59.7 Å². The van der Waals surface area contributed by atoms with E-state index in [9.17, 15) is 26.3 Å². The Labute approximate surface area is 199 Å². The first-order chi connectivity index (χ1) is 16.8. The largest absolute Gasteiger partial charge is 0.492 e. The molecule has 1 fully saturated rings. The molecule has 3 aromatic rings. The predicted molar refractivity (Wildman–Crippen MR) is 115 cm³/mol. The van der Waals surface area contributed by atoms with Crippen molar-refractivity contribution in [2.45, 2.75) is 18.5 Å². The molecule has 2 aromatic heterocycles. The van der Waals surface area contributed by atoms with Gasteiger partial charge in [-0.3, -0.25) is 10.8 Å². The molecule has 1 atom stereocenters. The first kappa shape index (κ1) is 25.3. The molecule has 0 aliphatic heterocycles. The number of alkyl halides is 5. The van der Waals surface area contributed by atoms with Crippen LogP contribution in [0.5, 0.6) is 5.75 Å². The zero-order chi connectivity index (χ0) is 26.4. The summed E-state index contributed by atoms with van der Waals surface area (Å²) in [5, 5.41) is 0. The summed E-state index contributed by atoms with van der Waals surface area (Å²) in [5.41, 5.74) is 4.69. The normalized spacial score (nSPS) is 17.5. The molecule has 1 aliphatic rings. The number of nitrogens with two attached hydrogens (primary N) is 2. The van der Waals surface area contributed by atoms with Gasteiger partial charge < -0.3 is 20.5 Å². The van der Waals surface area contributed by atoms with Crippen molar-refractivity contribution in [2.24, 2.45) is 24.5 Å². The summed E-state index contributed by atoms with van der Waals surface area (Å²) in [4.78, 5) is 8.25. The van der Waals surface area contributed by atoms with Crippen LogP contribution in [0.15, 0.2) is 42.5 Å². The fourth-order valence-corrected chi connectivity index (χ4v) is 3.63. The Morgan fingerprint density at radius 3 is 2.53 bits per heavy atom. The van der Waals surface area contributed by atoms with E-state index in [1.165, 1.54) is 35.5 Å². The molecule has 0 bridgehead atoms. The van der Waals surface area contributed by atoms with Gasteiger partial charge in [-0.25, -0.2) is 22.5 Å². The second-order valence-corrected chi connectivity index (χ2v) is 8.15. The summed E-state index contributed by atoms with van der Waals surface area (Å²) >= 11 is 0. The minimum atomic E-state index is -4.87. The van der Waals surface area contributed by atoms with Crippen LogP contribution in [0.2, 0.25) is 0 Å². The molecule has 2 heterocycles. The molecule has 5 N–H and O–H groups in total. The van der Waals surface area contributed by atoms with E-state index in [2.05, 4.69) is 9.97 Å². The number of benzene rings is 1. The second-order valence-electron chi connectivity index (χ2n) is 8.15. The Bertz CT molecular complexity index is 1330. The third-order valence-corrected chi connectivity index (χ3v) is 5.60. The number of rotatable bonds is 7. The molecule has 1 unspecified atom stereocenters. The number of pyridine rings is 1. The molecule has 192 valence electrons. The first-order valence-electron chi connectivity index (χ1n) is 10.3. The maximum absolute atomic E-state index is 15.0. The summed E-state index contributed by atoms with van der Waals surface area (Å²) in [6.45, 7) is -0.475. The molecular weight excluding hydrogens is 497 g/mol. The number of imidazole rings is 1. The summed E-state index contributed by atoms with van der Waals surface area (Å²) in [6.07, 6.45) is -2.85. The Morgan fingerprint density at radius 2 is 1.92 bits per heavy atom.